The Bertz CT molecular complexity index is 1090. The van der Waals surface area contributed by atoms with E-state index in [2.05, 4.69) is 4.57 Å². The fourth-order valence-corrected chi connectivity index (χ4v) is 4.13. The van der Waals surface area contributed by atoms with Gasteiger partial charge in [0.2, 0.25) is 0 Å². The molecule has 1 amide bonds. The number of amides is 1. The monoisotopic (exact) mass is 392 g/mol. The van der Waals surface area contributed by atoms with Crippen molar-refractivity contribution in [1.82, 2.24) is 9.47 Å². The van der Waals surface area contributed by atoms with Gasteiger partial charge in [-0.15, -0.1) is 0 Å². The Morgan fingerprint density at radius 3 is 2.69 bits per heavy atom. The number of aromatic nitrogens is 1. The molecule has 2 aliphatic rings. The largest absolute Gasteiger partial charge is 0.486 e. The van der Waals surface area contributed by atoms with Gasteiger partial charge in [0, 0.05) is 30.5 Å². The van der Waals surface area contributed by atoms with Crippen molar-refractivity contribution in [1.29, 1.82) is 0 Å². The molecule has 29 heavy (non-hydrogen) atoms. The molecule has 1 aromatic heterocycles. The van der Waals surface area contributed by atoms with Gasteiger partial charge in [-0.1, -0.05) is 6.07 Å². The molecule has 6 heteroatoms. The van der Waals surface area contributed by atoms with Gasteiger partial charge < -0.3 is 18.9 Å². The lowest BCUT2D eigenvalue weighted by Gasteiger charge is -2.38. The zero-order valence-electron chi connectivity index (χ0n) is 16.1. The molecule has 0 saturated carbocycles. The summed E-state index contributed by atoms with van der Waals surface area (Å²) in [7, 11) is 0. The fourth-order valence-electron chi connectivity index (χ4n) is 4.13. The zero-order chi connectivity index (χ0) is 20.0. The van der Waals surface area contributed by atoms with Crippen LogP contribution in [0.2, 0.25) is 0 Å². The molecule has 3 aromatic rings. The van der Waals surface area contributed by atoms with Gasteiger partial charge in [0.1, 0.15) is 19.0 Å². The summed E-state index contributed by atoms with van der Waals surface area (Å²) in [5, 5.41) is 0. The van der Waals surface area contributed by atoms with E-state index < -0.39 is 0 Å². The molecule has 0 aliphatic carbocycles. The highest BCUT2D eigenvalue weighted by Gasteiger charge is 2.33. The predicted octanol–water partition coefficient (Wildman–Crippen LogP) is 3.95. The Morgan fingerprint density at radius 2 is 1.86 bits per heavy atom. The number of hydrogen-bond acceptors (Lipinski definition) is 3. The van der Waals surface area contributed by atoms with E-state index >= 15 is 0 Å². The maximum atomic E-state index is 13.7. The molecule has 2 aliphatic heterocycles. The third-order valence-electron chi connectivity index (χ3n) is 5.59. The van der Waals surface area contributed by atoms with Crippen LogP contribution in [-0.4, -0.2) is 35.1 Å². The average molecular weight is 392 g/mol. The molecular weight excluding hydrogens is 371 g/mol. The van der Waals surface area contributed by atoms with Gasteiger partial charge in [0.25, 0.3) is 5.91 Å². The molecule has 0 fully saturated rings. The molecule has 2 aromatic carbocycles. The number of ether oxygens (including phenoxy) is 2. The molecular formula is C23H21FN2O3. The molecule has 5 rings (SSSR count). The standard InChI is InChI=1S/C23H21FN2O3/c1-15-13-17(4-6-18(15)24)23(27)26-10-9-25-8-2-3-19(25)22(26)16-5-7-20-21(14-16)29-12-11-28-20/h2-8,13-14,22H,9-12H2,1H3/t22-/m0/s1. The van der Waals surface area contributed by atoms with Crippen molar-refractivity contribution < 1.29 is 18.7 Å². The molecule has 5 nitrogen and oxygen atoms in total. The van der Waals surface area contributed by atoms with Crippen LogP contribution in [0.15, 0.2) is 54.7 Å². The van der Waals surface area contributed by atoms with E-state index in [0.717, 1.165) is 23.6 Å². The highest BCUT2D eigenvalue weighted by Crippen LogP contribution is 2.38. The first-order chi connectivity index (χ1) is 14.1. The number of benzene rings is 2. The quantitative estimate of drug-likeness (QED) is 0.663. The summed E-state index contributed by atoms with van der Waals surface area (Å²) >= 11 is 0. The Kier molecular flexibility index (Phi) is 4.27. The molecule has 0 radical (unpaired) electrons. The number of carbonyl (C=O) groups excluding carboxylic acids is 1. The number of nitrogens with zero attached hydrogens (tertiary/aromatic N) is 2. The highest BCUT2D eigenvalue weighted by atomic mass is 19.1. The summed E-state index contributed by atoms with van der Waals surface area (Å²) in [4.78, 5) is 15.3. The zero-order valence-corrected chi connectivity index (χ0v) is 16.1. The predicted molar refractivity (Wildman–Crippen MR) is 106 cm³/mol. The van der Waals surface area contributed by atoms with Crippen LogP contribution in [-0.2, 0) is 6.54 Å². The summed E-state index contributed by atoms with van der Waals surface area (Å²) < 4.78 is 27.3. The second kappa shape index (κ2) is 6.95. The lowest BCUT2D eigenvalue weighted by Crippen LogP contribution is -2.42. The molecule has 0 bridgehead atoms. The third-order valence-corrected chi connectivity index (χ3v) is 5.59. The molecule has 3 heterocycles. The summed E-state index contributed by atoms with van der Waals surface area (Å²) in [5.74, 6) is 0.999. The minimum atomic E-state index is -0.308. The van der Waals surface area contributed by atoms with E-state index in [1.807, 2.05) is 41.4 Å². The first-order valence-corrected chi connectivity index (χ1v) is 9.73. The molecule has 0 N–H and O–H groups in total. The van der Waals surface area contributed by atoms with Gasteiger partial charge in [-0.3, -0.25) is 4.79 Å². The fraction of sp³-hybridized carbons (Fsp3) is 0.261. The number of aryl methyl sites for hydroxylation is 1. The van der Waals surface area contributed by atoms with Gasteiger partial charge >= 0.3 is 0 Å². The summed E-state index contributed by atoms with van der Waals surface area (Å²) in [6, 6.07) is 14.1. The number of carbonyl (C=O) groups is 1. The first kappa shape index (κ1) is 17.8. The minimum Gasteiger partial charge on any atom is -0.486 e. The van der Waals surface area contributed by atoms with Crippen molar-refractivity contribution in [2.24, 2.45) is 0 Å². The van der Waals surface area contributed by atoms with Gasteiger partial charge in [0.15, 0.2) is 11.5 Å². The highest BCUT2D eigenvalue weighted by molar-refractivity contribution is 5.95. The molecule has 1 atom stereocenters. The van der Waals surface area contributed by atoms with Crippen LogP contribution in [0.25, 0.3) is 0 Å². The topological polar surface area (TPSA) is 43.7 Å². The van der Waals surface area contributed by atoms with Crippen molar-refractivity contribution >= 4 is 5.91 Å². The van der Waals surface area contributed by atoms with Crippen molar-refractivity contribution in [3.8, 4) is 11.5 Å². The molecule has 0 saturated heterocycles. The van der Waals surface area contributed by atoms with Crippen molar-refractivity contribution in [2.75, 3.05) is 19.8 Å². The lowest BCUT2D eigenvalue weighted by molar-refractivity contribution is 0.0663. The Hall–Kier alpha value is -3.28. The van der Waals surface area contributed by atoms with E-state index in [4.69, 9.17) is 9.47 Å². The van der Waals surface area contributed by atoms with Crippen LogP contribution in [0.1, 0.15) is 33.2 Å². The summed E-state index contributed by atoms with van der Waals surface area (Å²) in [5.41, 5.74) is 2.96. The van der Waals surface area contributed by atoms with E-state index in [9.17, 15) is 9.18 Å². The average Bonchev–Trinajstić information content (AvgIpc) is 3.23. The number of rotatable bonds is 2. The van der Waals surface area contributed by atoms with Crippen molar-refractivity contribution in [3.63, 3.8) is 0 Å². The van der Waals surface area contributed by atoms with E-state index in [-0.39, 0.29) is 17.8 Å². The number of hydrogen-bond donors (Lipinski definition) is 0. The Balaban J connectivity index is 1.57. The Labute approximate surface area is 168 Å². The van der Waals surface area contributed by atoms with Crippen LogP contribution < -0.4 is 9.47 Å². The second-order valence-corrected chi connectivity index (χ2v) is 7.39. The minimum absolute atomic E-state index is 0.111. The number of halogens is 1. The normalized spacial score (nSPS) is 17.7. The van der Waals surface area contributed by atoms with Crippen molar-refractivity contribution in [2.45, 2.75) is 19.5 Å². The van der Waals surface area contributed by atoms with E-state index in [0.29, 0.717) is 36.6 Å². The van der Waals surface area contributed by atoms with E-state index in [1.54, 1.807) is 19.1 Å². The third kappa shape index (κ3) is 3.05. The van der Waals surface area contributed by atoms with E-state index in [1.165, 1.54) is 6.07 Å². The van der Waals surface area contributed by atoms with Crippen LogP contribution in [0.4, 0.5) is 4.39 Å². The molecule has 0 unspecified atom stereocenters. The van der Waals surface area contributed by atoms with Crippen LogP contribution in [0.5, 0.6) is 11.5 Å². The van der Waals surface area contributed by atoms with Gasteiger partial charge in [-0.25, -0.2) is 4.39 Å². The van der Waals surface area contributed by atoms with Gasteiger partial charge in [-0.05, 0) is 60.5 Å². The maximum absolute atomic E-state index is 13.7. The molecule has 0 spiro atoms. The van der Waals surface area contributed by atoms with Crippen LogP contribution in [0.3, 0.4) is 0 Å². The maximum Gasteiger partial charge on any atom is 0.254 e. The first-order valence-electron chi connectivity index (χ1n) is 9.73. The SMILES string of the molecule is Cc1cc(C(=O)N2CCn3cccc3[C@@H]2c2ccc3c(c2)OCCO3)ccc1F. The smallest absolute Gasteiger partial charge is 0.254 e. The Morgan fingerprint density at radius 1 is 1.03 bits per heavy atom. The lowest BCUT2D eigenvalue weighted by atomic mass is 9.98. The number of fused-ring (bicyclic) bond motifs is 2. The van der Waals surface area contributed by atoms with Crippen LogP contribution >= 0.6 is 0 Å². The molecule has 148 valence electrons. The van der Waals surface area contributed by atoms with Gasteiger partial charge in [-0.2, -0.15) is 0 Å². The van der Waals surface area contributed by atoms with Crippen LogP contribution in [0, 0.1) is 12.7 Å². The second-order valence-electron chi connectivity index (χ2n) is 7.39. The van der Waals surface area contributed by atoms with Crippen molar-refractivity contribution in [3.05, 3.63) is 82.9 Å². The van der Waals surface area contributed by atoms with Gasteiger partial charge in [0.05, 0.1) is 6.04 Å². The summed E-state index contributed by atoms with van der Waals surface area (Å²) in [6.45, 7) is 4.00. The summed E-state index contributed by atoms with van der Waals surface area (Å²) in [6.07, 6.45) is 2.03.